The van der Waals surface area contributed by atoms with Crippen LogP contribution in [0.3, 0.4) is 0 Å². The van der Waals surface area contributed by atoms with Crippen LogP contribution in [0.4, 0.5) is 13.2 Å². The van der Waals surface area contributed by atoms with Gasteiger partial charge in [0.2, 0.25) is 6.29 Å². The minimum atomic E-state index is -4.85. The fourth-order valence-corrected chi connectivity index (χ4v) is 3.31. The maximum Gasteiger partial charge on any atom is 0.419 e. The van der Waals surface area contributed by atoms with Gasteiger partial charge in [-0.15, -0.1) is 0 Å². The molecule has 0 aliphatic carbocycles. The molecule has 8 nitrogen and oxygen atoms in total. The van der Waals surface area contributed by atoms with Gasteiger partial charge in [0.05, 0.1) is 12.2 Å². The first-order valence-electron chi connectivity index (χ1n) is 9.57. The van der Waals surface area contributed by atoms with Gasteiger partial charge in [0, 0.05) is 12.6 Å². The van der Waals surface area contributed by atoms with E-state index < -0.39 is 60.7 Å². The average molecular weight is 457 g/mol. The van der Waals surface area contributed by atoms with Crippen molar-refractivity contribution in [1.82, 2.24) is 5.32 Å². The fourth-order valence-electron chi connectivity index (χ4n) is 3.31. The zero-order chi connectivity index (χ0) is 23.6. The molecule has 1 saturated heterocycles. The van der Waals surface area contributed by atoms with Crippen LogP contribution >= 0.6 is 0 Å². The molecule has 0 radical (unpaired) electrons. The van der Waals surface area contributed by atoms with E-state index in [1.54, 1.807) is 6.07 Å². The Morgan fingerprint density at radius 1 is 1.06 bits per heavy atom. The number of alkyl halides is 3. The Hall–Kier alpha value is -2.70. The number of aliphatic hydroxyl groups excluding tert-OH is 4. The van der Waals surface area contributed by atoms with Crippen molar-refractivity contribution in [3.63, 3.8) is 0 Å². The number of ether oxygens (including phenoxy) is 2. The Morgan fingerprint density at radius 2 is 1.75 bits per heavy atom. The number of amides is 1. The predicted octanol–water partition coefficient (Wildman–Crippen LogP) is 0.911. The van der Waals surface area contributed by atoms with Gasteiger partial charge in [0.15, 0.2) is 0 Å². The van der Waals surface area contributed by atoms with Gasteiger partial charge < -0.3 is 35.2 Å². The number of carbonyl (C=O) groups excluding carboxylic acids is 1. The Balaban J connectivity index is 1.96. The van der Waals surface area contributed by atoms with Crippen LogP contribution in [0.15, 0.2) is 42.5 Å². The second-order valence-corrected chi connectivity index (χ2v) is 7.18. The Kier molecular flexibility index (Phi) is 7.06. The van der Waals surface area contributed by atoms with Gasteiger partial charge in [-0.25, -0.2) is 0 Å². The third kappa shape index (κ3) is 4.87. The van der Waals surface area contributed by atoms with Crippen molar-refractivity contribution in [1.29, 1.82) is 0 Å². The molecule has 0 spiro atoms. The van der Waals surface area contributed by atoms with Crippen LogP contribution in [0.1, 0.15) is 15.9 Å². The predicted molar refractivity (Wildman–Crippen MR) is 105 cm³/mol. The van der Waals surface area contributed by atoms with Gasteiger partial charge in [0.25, 0.3) is 5.91 Å². The van der Waals surface area contributed by atoms with E-state index in [0.717, 1.165) is 12.1 Å². The summed E-state index contributed by atoms with van der Waals surface area (Å²) < 4.78 is 51.6. The van der Waals surface area contributed by atoms with Gasteiger partial charge in [0.1, 0.15) is 30.2 Å². The van der Waals surface area contributed by atoms with E-state index in [1.807, 2.05) is 0 Å². The van der Waals surface area contributed by atoms with Crippen molar-refractivity contribution in [2.24, 2.45) is 0 Å². The molecule has 3 rings (SSSR count). The highest BCUT2D eigenvalue weighted by molar-refractivity contribution is 5.95. The largest absolute Gasteiger partial charge is 0.461 e. The first kappa shape index (κ1) is 24.0. The monoisotopic (exact) mass is 457 g/mol. The van der Waals surface area contributed by atoms with Crippen LogP contribution < -0.4 is 10.1 Å². The number of halogens is 3. The van der Waals surface area contributed by atoms with Gasteiger partial charge in [-0.3, -0.25) is 4.79 Å². The topological polar surface area (TPSA) is 128 Å². The van der Waals surface area contributed by atoms with Crippen LogP contribution in [0.5, 0.6) is 5.75 Å². The lowest BCUT2D eigenvalue weighted by Gasteiger charge is -2.39. The third-order valence-corrected chi connectivity index (χ3v) is 5.06. The summed E-state index contributed by atoms with van der Waals surface area (Å²) in [6, 6.07) is 9.20. The Morgan fingerprint density at radius 3 is 2.38 bits per heavy atom. The smallest absolute Gasteiger partial charge is 0.419 e. The number of hydrogen-bond acceptors (Lipinski definition) is 7. The molecular formula is C21H22F3NO7. The van der Waals surface area contributed by atoms with Gasteiger partial charge in [-0.05, 0) is 35.4 Å². The first-order chi connectivity index (χ1) is 15.1. The minimum absolute atomic E-state index is 0.157. The van der Waals surface area contributed by atoms with Crippen molar-refractivity contribution in [3.05, 3.63) is 53.6 Å². The molecule has 2 aromatic carbocycles. The van der Waals surface area contributed by atoms with E-state index >= 15 is 0 Å². The van der Waals surface area contributed by atoms with Gasteiger partial charge in [-0.2, -0.15) is 13.2 Å². The van der Waals surface area contributed by atoms with Crippen LogP contribution in [-0.4, -0.2) is 70.7 Å². The molecule has 0 bridgehead atoms. The molecule has 174 valence electrons. The van der Waals surface area contributed by atoms with Crippen molar-refractivity contribution >= 4 is 5.91 Å². The molecule has 32 heavy (non-hydrogen) atoms. The zero-order valence-corrected chi connectivity index (χ0v) is 16.8. The van der Waals surface area contributed by atoms with E-state index in [-0.39, 0.29) is 11.1 Å². The lowest BCUT2D eigenvalue weighted by atomic mass is 9.98. The minimum Gasteiger partial charge on any atom is -0.461 e. The molecule has 1 amide bonds. The lowest BCUT2D eigenvalue weighted by molar-refractivity contribution is -0.278. The van der Waals surface area contributed by atoms with E-state index in [1.165, 1.54) is 31.3 Å². The summed E-state index contributed by atoms with van der Waals surface area (Å²) in [5, 5.41) is 41.4. The molecule has 5 N–H and O–H groups in total. The van der Waals surface area contributed by atoms with Crippen molar-refractivity contribution in [3.8, 4) is 16.9 Å². The molecule has 11 heteroatoms. The molecule has 0 aromatic heterocycles. The maximum absolute atomic E-state index is 13.8. The van der Waals surface area contributed by atoms with Crippen LogP contribution in [-0.2, 0) is 10.9 Å². The Labute approximate surface area is 180 Å². The molecule has 2 aromatic rings. The highest BCUT2D eigenvalue weighted by Crippen LogP contribution is 2.40. The second kappa shape index (κ2) is 9.43. The summed E-state index contributed by atoms with van der Waals surface area (Å²) in [6.07, 6.45) is -13.3. The number of benzene rings is 2. The lowest BCUT2D eigenvalue weighted by Crippen LogP contribution is -2.60. The molecule has 1 heterocycles. The summed E-state index contributed by atoms with van der Waals surface area (Å²) in [5.74, 6) is -1.08. The fraction of sp³-hybridized carbons (Fsp3) is 0.381. The summed E-state index contributed by atoms with van der Waals surface area (Å²) >= 11 is 0. The van der Waals surface area contributed by atoms with Gasteiger partial charge >= 0.3 is 6.18 Å². The Bertz CT molecular complexity index is 967. The van der Waals surface area contributed by atoms with E-state index in [9.17, 15) is 38.4 Å². The average Bonchev–Trinajstić information content (AvgIpc) is 2.78. The highest BCUT2D eigenvalue weighted by Gasteiger charge is 2.45. The molecule has 5 atom stereocenters. The second-order valence-electron chi connectivity index (χ2n) is 7.18. The van der Waals surface area contributed by atoms with E-state index in [2.05, 4.69) is 5.32 Å². The highest BCUT2D eigenvalue weighted by atomic mass is 19.4. The molecular weight excluding hydrogens is 435 g/mol. The van der Waals surface area contributed by atoms with Crippen molar-refractivity contribution in [2.45, 2.75) is 36.9 Å². The zero-order valence-electron chi connectivity index (χ0n) is 16.8. The molecule has 1 fully saturated rings. The molecule has 1 aliphatic heterocycles. The number of carbonyl (C=O) groups is 1. The number of aliphatic hydroxyl groups is 4. The van der Waals surface area contributed by atoms with Gasteiger partial charge in [-0.1, -0.05) is 18.2 Å². The molecule has 1 aliphatic rings. The van der Waals surface area contributed by atoms with E-state index in [0.29, 0.717) is 5.56 Å². The summed E-state index contributed by atoms with van der Waals surface area (Å²) in [6.45, 7) is -0.752. The molecule has 1 unspecified atom stereocenters. The van der Waals surface area contributed by atoms with Crippen molar-refractivity contribution < 1.29 is 47.9 Å². The quantitative estimate of drug-likeness (QED) is 0.452. The van der Waals surface area contributed by atoms with E-state index in [4.69, 9.17) is 9.47 Å². The van der Waals surface area contributed by atoms with Crippen LogP contribution in [0.25, 0.3) is 11.1 Å². The standard InChI is InChI=1S/C21H22F3NO7/c1-25-19(30)12-4-2-3-10(7-12)11-5-6-14(13(8-11)21(22,23)24)31-20-18(29)17(28)16(27)15(9-26)32-20/h2-8,15-18,20,26-29H,9H2,1H3,(H,25,30)/t15-,16+,17+,18-,20?/m0/s1. The summed E-state index contributed by atoms with van der Waals surface area (Å²) in [4.78, 5) is 11.8. The van der Waals surface area contributed by atoms with Crippen LogP contribution in [0.2, 0.25) is 0 Å². The normalized spacial score (nSPS) is 25.9. The first-order valence-corrected chi connectivity index (χ1v) is 9.57. The maximum atomic E-state index is 13.8. The molecule has 0 saturated carbocycles. The SMILES string of the molecule is CNC(=O)c1cccc(-c2ccc(OC3O[C@@H](CO)[C@@H](O)[C@@H](O)[C@@H]3O)c(C(F)(F)F)c2)c1. The number of rotatable bonds is 5. The summed E-state index contributed by atoms with van der Waals surface area (Å²) in [5.41, 5.74) is -0.405. The third-order valence-electron chi connectivity index (χ3n) is 5.06. The van der Waals surface area contributed by atoms with Crippen molar-refractivity contribution in [2.75, 3.05) is 13.7 Å². The number of hydrogen-bond donors (Lipinski definition) is 5. The van der Waals surface area contributed by atoms with Crippen LogP contribution in [0, 0.1) is 0 Å². The number of nitrogens with one attached hydrogen (secondary N) is 1. The summed E-state index contributed by atoms with van der Waals surface area (Å²) in [7, 11) is 1.43.